The highest BCUT2D eigenvalue weighted by Gasteiger charge is 2.04. The van der Waals surface area contributed by atoms with Gasteiger partial charge >= 0.3 is 0 Å². The lowest BCUT2D eigenvalue weighted by molar-refractivity contribution is -0.282. The fourth-order valence-corrected chi connectivity index (χ4v) is 0.719. The van der Waals surface area contributed by atoms with E-state index in [0.717, 1.165) is 0 Å². The van der Waals surface area contributed by atoms with Crippen LogP contribution in [0.15, 0.2) is 12.4 Å². The predicted molar refractivity (Wildman–Crippen MR) is 55.0 cm³/mol. The summed E-state index contributed by atoms with van der Waals surface area (Å²) >= 11 is 0. The molecule has 15 heavy (non-hydrogen) atoms. The van der Waals surface area contributed by atoms with Crippen molar-refractivity contribution in [3.05, 3.63) is 12.4 Å². The van der Waals surface area contributed by atoms with Crippen LogP contribution in [0.1, 0.15) is 20.8 Å². The Hall–Kier alpha value is -0.980. The first-order valence-corrected chi connectivity index (χ1v) is 5.00. The second-order valence-corrected chi connectivity index (χ2v) is 2.32. The average molecular weight is 217 g/mol. The molecule has 0 bridgehead atoms. The van der Waals surface area contributed by atoms with E-state index in [1.54, 1.807) is 12.4 Å². The van der Waals surface area contributed by atoms with Crippen molar-refractivity contribution >= 4 is 0 Å². The third kappa shape index (κ3) is 9.33. The predicted octanol–water partition coefficient (Wildman–Crippen LogP) is 1.18. The summed E-state index contributed by atoms with van der Waals surface area (Å²) in [7, 11) is 0. The minimum atomic E-state index is -0.472. The standard InChI is InChI=1S/C7H16O3.C2H3N3/c1-4-8-7(9-5-2)10-6-3;1-2-4-5-3-1/h7H,4-6H2,1-3H3;1-2H,(H,3,4,5). The molecule has 0 atom stereocenters. The molecule has 0 aliphatic heterocycles. The highest BCUT2D eigenvalue weighted by Crippen LogP contribution is 1.95. The molecule has 1 aromatic heterocycles. The summed E-state index contributed by atoms with van der Waals surface area (Å²) in [5, 5.41) is 9.26. The van der Waals surface area contributed by atoms with Gasteiger partial charge in [0, 0.05) is 26.0 Å². The molecule has 0 radical (unpaired) electrons. The second-order valence-electron chi connectivity index (χ2n) is 2.32. The maximum atomic E-state index is 5.08. The molecule has 0 aromatic carbocycles. The zero-order valence-corrected chi connectivity index (χ0v) is 9.47. The Bertz CT molecular complexity index is 163. The number of nitrogens with one attached hydrogen (secondary N) is 1. The first-order chi connectivity index (χ1) is 7.35. The van der Waals surface area contributed by atoms with E-state index < -0.39 is 6.48 Å². The van der Waals surface area contributed by atoms with Crippen LogP contribution in [0.2, 0.25) is 0 Å². The van der Waals surface area contributed by atoms with Gasteiger partial charge in [-0.2, -0.15) is 0 Å². The Morgan fingerprint density at radius 3 is 1.80 bits per heavy atom. The van der Waals surface area contributed by atoms with Crippen LogP contribution in [0, 0.1) is 0 Å². The van der Waals surface area contributed by atoms with Gasteiger partial charge in [0.25, 0.3) is 6.48 Å². The molecule has 0 saturated carbocycles. The maximum Gasteiger partial charge on any atom is 0.271 e. The van der Waals surface area contributed by atoms with Crippen LogP contribution >= 0.6 is 0 Å². The van der Waals surface area contributed by atoms with Crippen LogP contribution in [0.5, 0.6) is 0 Å². The molecule has 0 spiro atoms. The first-order valence-electron chi connectivity index (χ1n) is 5.00. The number of aromatic amines is 1. The van der Waals surface area contributed by atoms with E-state index in [1.807, 2.05) is 20.8 Å². The van der Waals surface area contributed by atoms with Gasteiger partial charge in [-0.25, -0.2) is 0 Å². The lowest BCUT2D eigenvalue weighted by Gasteiger charge is -2.15. The molecule has 1 rings (SSSR count). The molecule has 0 aliphatic rings. The van der Waals surface area contributed by atoms with Crippen molar-refractivity contribution in [3.8, 4) is 0 Å². The fraction of sp³-hybridized carbons (Fsp3) is 0.778. The summed E-state index contributed by atoms with van der Waals surface area (Å²) in [5.74, 6) is 0. The molecule has 6 heteroatoms. The number of H-pyrrole nitrogens is 1. The van der Waals surface area contributed by atoms with Crippen molar-refractivity contribution in [2.24, 2.45) is 0 Å². The van der Waals surface area contributed by atoms with Crippen molar-refractivity contribution in [1.82, 2.24) is 15.4 Å². The maximum absolute atomic E-state index is 5.08. The third-order valence-corrected chi connectivity index (χ3v) is 1.24. The normalized spacial score (nSPS) is 9.87. The molecule has 1 heterocycles. The monoisotopic (exact) mass is 217 g/mol. The molecular weight excluding hydrogens is 198 g/mol. The van der Waals surface area contributed by atoms with Gasteiger partial charge in [0.1, 0.15) is 0 Å². The zero-order chi connectivity index (χ0) is 11.4. The highest BCUT2D eigenvalue weighted by atomic mass is 16.8. The van der Waals surface area contributed by atoms with E-state index >= 15 is 0 Å². The molecule has 0 fully saturated rings. The molecule has 0 amide bonds. The van der Waals surface area contributed by atoms with Crippen molar-refractivity contribution in [2.45, 2.75) is 27.2 Å². The summed E-state index contributed by atoms with van der Waals surface area (Å²) < 4.78 is 15.2. The van der Waals surface area contributed by atoms with E-state index in [4.69, 9.17) is 14.2 Å². The van der Waals surface area contributed by atoms with E-state index in [0.29, 0.717) is 19.8 Å². The van der Waals surface area contributed by atoms with Gasteiger partial charge in [-0.15, -0.1) is 5.10 Å². The lowest BCUT2D eigenvalue weighted by Crippen LogP contribution is -2.20. The Morgan fingerprint density at radius 2 is 1.60 bits per heavy atom. The zero-order valence-electron chi connectivity index (χ0n) is 9.47. The van der Waals surface area contributed by atoms with Gasteiger partial charge < -0.3 is 14.2 Å². The smallest absolute Gasteiger partial charge is 0.271 e. The minimum absolute atomic E-state index is 0.472. The number of nitrogens with zero attached hydrogens (tertiary/aromatic N) is 2. The van der Waals surface area contributed by atoms with Crippen molar-refractivity contribution in [3.63, 3.8) is 0 Å². The second kappa shape index (κ2) is 11.1. The molecule has 88 valence electrons. The number of hydrogen-bond acceptors (Lipinski definition) is 5. The van der Waals surface area contributed by atoms with Gasteiger partial charge in [0.15, 0.2) is 0 Å². The van der Waals surface area contributed by atoms with Crippen LogP contribution in [0.4, 0.5) is 0 Å². The number of rotatable bonds is 6. The van der Waals surface area contributed by atoms with Crippen LogP contribution in [-0.2, 0) is 14.2 Å². The third-order valence-electron chi connectivity index (χ3n) is 1.24. The Balaban J connectivity index is 0.000000322. The number of aromatic nitrogens is 3. The molecular formula is C9H19N3O3. The summed E-state index contributed by atoms with van der Waals surface area (Å²) in [5.41, 5.74) is 0. The molecule has 1 aromatic rings. The van der Waals surface area contributed by atoms with Gasteiger partial charge in [0.2, 0.25) is 0 Å². The van der Waals surface area contributed by atoms with Gasteiger partial charge in [-0.1, -0.05) is 5.21 Å². The molecule has 0 aliphatic carbocycles. The van der Waals surface area contributed by atoms with Crippen molar-refractivity contribution in [2.75, 3.05) is 19.8 Å². The molecule has 1 N–H and O–H groups in total. The van der Waals surface area contributed by atoms with Gasteiger partial charge in [0.05, 0.1) is 6.20 Å². The summed E-state index contributed by atoms with van der Waals surface area (Å²) in [4.78, 5) is 0. The average Bonchev–Trinajstić information content (AvgIpc) is 2.77. The summed E-state index contributed by atoms with van der Waals surface area (Å²) in [6.45, 7) is 7.10. The summed E-state index contributed by atoms with van der Waals surface area (Å²) in [6.07, 6.45) is 3.24. The number of ether oxygens (including phenoxy) is 3. The Morgan fingerprint density at radius 1 is 1.07 bits per heavy atom. The fourth-order valence-electron chi connectivity index (χ4n) is 0.719. The van der Waals surface area contributed by atoms with Gasteiger partial charge in [-0.05, 0) is 20.8 Å². The number of hydrogen-bond donors (Lipinski definition) is 1. The lowest BCUT2D eigenvalue weighted by atomic mass is 10.8. The van der Waals surface area contributed by atoms with E-state index in [-0.39, 0.29) is 0 Å². The SMILES string of the molecule is CCOC(OCC)OCC.c1c[nH]nn1. The summed E-state index contributed by atoms with van der Waals surface area (Å²) in [6, 6.07) is 0. The molecule has 0 unspecified atom stereocenters. The van der Waals surface area contributed by atoms with Crippen LogP contribution in [0.3, 0.4) is 0 Å². The Labute approximate surface area is 89.9 Å². The van der Waals surface area contributed by atoms with Crippen LogP contribution in [-0.4, -0.2) is 41.7 Å². The van der Waals surface area contributed by atoms with E-state index in [2.05, 4.69) is 15.4 Å². The Kier molecular flexibility index (Phi) is 10.4. The van der Waals surface area contributed by atoms with E-state index in [9.17, 15) is 0 Å². The first kappa shape index (κ1) is 14.0. The largest absolute Gasteiger partial charge is 0.330 e. The molecule has 6 nitrogen and oxygen atoms in total. The topological polar surface area (TPSA) is 69.3 Å². The van der Waals surface area contributed by atoms with Crippen LogP contribution < -0.4 is 0 Å². The quantitative estimate of drug-likeness (QED) is 0.725. The van der Waals surface area contributed by atoms with E-state index in [1.165, 1.54) is 0 Å². The minimum Gasteiger partial charge on any atom is -0.330 e. The van der Waals surface area contributed by atoms with Crippen LogP contribution in [0.25, 0.3) is 0 Å². The van der Waals surface area contributed by atoms with Gasteiger partial charge in [-0.3, -0.25) is 5.10 Å². The molecule has 0 saturated heterocycles. The highest BCUT2D eigenvalue weighted by molar-refractivity contribution is 4.54. The van der Waals surface area contributed by atoms with Crippen molar-refractivity contribution < 1.29 is 14.2 Å². The van der Waals surface area contributed by atoms with Crippen molar-refractivity contribution in [1.29, 1.82) is 0 Å².